The molecule has 4 aromatic rings. The first kappa shape index (κ1) is 22.5. The van der Waals surface area contributed by atoms with E-state index in [1.165, 1.54) is 6.07 Å². The van der Waals surface area contributed by atoms with E-state index >= 15 is 0 Å². The zero-order valence-corrected chi connectivity index (χ0v) is 17.8. The van der Waals surface area contributed by atoms with Crippen molar-refractivity contribution in [2.45, 2.75) is 26.0 Å². The smallest absolute Gasteiger partial charge is 0.243 e. The molecule has 0 amide bonds. The summed E-state index contributed by atoms with van der Waals surface area (Å²) in [5.74, 6) is 0.833. The summed E-state index contributed by atoms with van der Waals surface area (Å²) in [7, 11) is 0. The van der Waals surface area contributed by atoms with Crippen LogP contribution in [0.2, 0.25) is 0 Å². The molecular weight excluding hydrogens is 417 g/mol. The highest BCUT2D eigenvalue weighted by Crippen LogP contribution is 2.27. The maximum atomic E-state index is 14.5. The third-order valence-electron chi connectivity index (χ3n) is 4.77. The van der Waals surface area contributed by atoms with Gasteiger partial charge in [0.1, 0.15) is 6.61 Å². The first-order chi connectivity index (χ1) is 14.6. The molecule has 0 saturated carbocycles. The molecule has 1 aromatic heterocycles. The van der Waals surface area contributed by atoms with Crippen LogP contribution in [-0.2, 0) is 13.0 Å². The summed E-state index contributed by atoms with van der Waals surface area (Å²) in [6.45, 7) is 2.08. The van der Waals surface area contributed by atoms with E-state index in [2.05, 4.69) is 10.1 Å². The minimum atomic E-state index is -0.388. The summed E-state index contributed by atoms with van der Waals surface area (Å²) in [5, 5.41) is 3.77. The highest BCUT2D eigenvalue weighted by Gasteiger charge is 2.14. The highest BCUT2D eigenvalue weighted by atomic mass is 35.5. The second kappa shape index (κ2) is 10.2. The minimum absolute atomic E-state index is 0. The number of benzene rings is 3. The van der Waals surface area contributed by atoms with Crippen LogP contribution in [0.1, 0.15) is 28.9 Å². The van der Waals surface area contributed by atoms with Gasteiger partial charge in [-0.25, -0.2) is 4.39 Å². The molecule has 0 unspecified atom stereocenters. The number of ether oxygens (including phenoxy) is 1. The lowest BCUT2D eigenvalue weighted by Crippen LogP contribution is -2.13. The van der Waals surface area contributed by atoms with Gasteiger partial charge in [-0.1, -0.05) is 65.8 Å². The van der Waals surface area contributed by atoms with Crippen LogP contribution in [0.15, 0.2) is 77.3 Å². The zero-order chi connectivity index (χ0) is 20.9. The van der Waals surface area contributed by atoms with Gasteiger partial charge < -0.3 is 15.0 Å². The average Bonchev–Trinajstić information content (AvgIpc) is 3.21. The lowest BCUT2D eigenvalue weighted by atomic mass is 10.0. The predicted molar refractivity (Wildman–Crippen MR) is 120 cm³/mol. The molecule has 0 aliphatic rings. The number of hydrogen-bond donors (Lipinski definition) is 1. The predicted octanol–water partition coefficient (Wildman–Crippen LogP) is 5.43. The Bertz CT molecular complexity index is 1120. The van der Waals surface area contributed by atoms with E-state index in [0.717, 1.165) is 22.3 Å². The van der Waals surface area contributed by atoms with Crippen LogP contribution in [0, 0.1) is 12.7 Å². The molecule has 2 N–H and O–H groups in total. The zero-order valence-electron chi connectivity index (χ0n) is 17.0. The van der Waals surface area contributed by atoms with Crippen molar-refractivity contribution in [3.05, 3.63) is 101 Å². The molecule has 1 heterocycles. The number of aromatic nitrogens is 2. The van der Waals surface area contributed by atoms with Crippen molar-refractivity contribution in [2.24, 2.45) is 5.73 Å². The number of rotatable bonds is 7. The molecule has 5 nitrogen and oxygen atoms in total. The summed E-state index contributed by atoms with van der Waals surface area (Å²) in [6.07, 6.45) is 0.572. The number of aryl methyl sites for hydroxylation is 1. The molecule has 1 atom stereocenters. The summed E-state index contributed by atoms with van der Waals surface area (Å²) >= 11 is 0. The molecular formula is C24H23ClFN3O2. The van der Waals surface area contributed by atoms with Gasteiger partial charge in [0, 0.05) is 0 Å². The molecule has 0 aliphatic carbocycles. The average molecular weight is 440 g/mol. The third kappa shape index (κ3) is 5.69. The van der Waals surface area contributed by atoms with Crippen LogP contribution >= 0.6 is 12.4 Å². The third-order valence-corrected chi connectivity index (χ3v) is 4.77. The van der Waals surface area contributed by atoms with Gasteiger partial charge in [-0.2, -0.15) is 4.98 Å². The maximum Gasteiger partial charge on any atom is 0.243 e. The number of nitrogens with two attached hydrogens (primary N) is 1. The monoisotopic (exact) mass is 439 g/mol. The van der Waals surface area contributed by atoms with Crippen molar-refractivity contribution in [2.75, 3.05) is 0 Å². The number of halogens is 2. The van der Waals surface area contributed by atoms with Gasteiger partial charge in [0.15, 0.2) is 17.4 Å². The van der Waals surface area contributed by atoms with E-state index in [1.807, 2.05) is 60.7 Å². The Labute approximate surface area is 186 Å². The Balaban J connectivity index is 0.00000272. The largest absolute Gasteiger partial charge is 0.486 e. The van der Waals surface area contributed by atoms with Crippen molar-refractivity contribution in [3.8, 4) is 16.9 Å². The quantitative estimate of drug-likeness (QED) is 0.415. The van der Waals surface area contributed by atoms with Gasteiger partial charge in [0.2, 0.25) is 5.89 Å². The van der Waals surface area contributed by atoms with E-state index in [4.69, 9.17) is 15.0 Å². The fourth-order valence-electron chi connectivity index (χ4n) is 3.17. The molecule has 0 aliphatic heterocycles. The molecule has 0 radical (unpaired) electrons. The molecule has 0 saturated heterocycles. The van der Waals surface area contributed by atoms with Crippen LogP contribution in [0.25, 0.3) is 11.1 Å². The number of nitrogens with zero attached hydrogens (tertiary/aromatic N) is 2. The molecule has 160 valence electrons. The van der Waals surface area contributed by atoms with E-state index in [9.17, 15) is 4.39 Å². The Morgan fingerprint density at radius 3 is 2.32 bits per heavy atom. The SMILES string of the molecule is Cc1noc([C@H](N)Cc2ccc(-c3ccc(OCc4ccccc4)c(F)c3)cc2)n1.Cl. The Morgan fingerprint density at radius 2 is 1.68 bits per heavy atom. The fraction of sp³-hybridized carbons (Fsp3) is 0.167. The van der Waals surface area contributed by atoms with Crippen molar-refractivity contribution in [3.63, 3.8) is 0 Å². The lowest BCUT2D eigenvalue weighted by Gasteiger charge is -2.10. The summed E-state index contributed by atoms with van der Waals surface area (Å²) in [4.78, 5) is 4.17. The van der Waals surface area contributed by atoms with Crippen LogP contribution in [0.5, 0.6) is 5.75 Å². The Kier molecular flexibility index (Phi) is 7.39. The van der Waals surface area contributed by atoms with Gasteiger partial charge >= 0.3 is 0 Å². The Morgan fingerprint density at radius 1 is 0.968 bits per heavy atom. The molecule has 0 fully saturated rings. The van der Waals surface area contributed by atoms with Gasteiger partial charge in [-0.3, -0.25) is 0 Å². The molecule has 31 heavy (non-hydrogen) atoms. The second-order valence-electron chi connectivity index (χ2n) is 7.11. The first-order valence-corrected chi connectivity index (χ1v) is 9.70. The maximum absolute atomic E-state index is 14.5. The van der Waals surface area contributed by atoms with Crippen LogP contribution in [-0.4, -0.2) is 10.1 Å². The van der Waals surface area contributed by atoms with Gasteiger partial charge in [-0.05, 0) is 47.7 Å². The molecule has 3 aromatic carbocycles. The molecule has 0 spiro atoms. The summed E-state index contributed by atoms with van der Waals surface area (Å²) in [5.41, 5.74) is 9.85. The minimum Gasteiger partial charge on any atom is -0.486 e. The highest BCUT2D eigenvalue weighted by molar-refractivity contribution is 5.85. The van der Waals surface area contributed by atoms with E-state index in [-0.39, 0.29) is 30.0 Å². The molecule has 4 rings (SSSR count). The lowest BCUT2D eigenvalue weighted by molar-refractivity contribution is 0.290. The van der Waals surface area contributed by atoms with Crippen LogP contribution in [0.3, 0.4) is 0 Å². The van der Waals surface area contributed by atoms with Crippen LogP contribution in [0.4, 0.5) is 4.39 Å². The van der Waals surface area contributed by atoms with Gasteiger partial charge in [0.25, 0.3) is 0 Å². The first-order valence-electron chi connectivity index (χ1n) is 9.70. The van der Waals surface area contributed by atoms with Crippen LogP contribution < -0.4 is 10.5 Å². The van der Waals surface area contributed by atoms with E-state index < -0.39 is 0 Å². The topological polar surface area (TPSA) is 74.2 Å². The van der Waals surface area contributed by atoms with Crippen molar-refractivity contribution in [1.29, 1.82) is 0 Å². The molecule has 0 bridgehead atoms. The van der Waals surface area contributed by atoms with Gasteiger partial charge in [0.05, 0.1) is 6.04 Å². The second-order valence-corrected chi connectivity index (χ2v) is 7.11. The summed E-state index contributed by atoms with van der Waals surface area (Å²) in [6, 6.07) is 22.1. The standard InChI is InChI=1S/C24H22FN3O2.ClH/c1-16-27-24(30-28-16)22(26)13-17-7-9-19(10-8-17)20-11-12-23(21(25)14-20)29-15-18-5-3-2-4-6-18;/h2-12,14,22H,13,15,26H2,1H3;1H/t22-;/m1./s1. The molecule has 7 heteroatoms. The van der Waals surface area contributed by atoms with Crippen molar-refractivity contribution < 1.29 is 13.7 Å². The fourth-order valence-corrected chi connectivity index (χ4v) is 3.17. The van der Waals surface area contributed by atoms with Crippen molar-refractivity contribution >= 4 is 12.4 Å². The Hall–Kier alpha value is -3.22. The van der Waals surface area contributed by atoms with Crippen molar-refractivity contribution in [1.82, 2.24) is 10.1 Å². The summed E-state index contributed by atoms with van der Waals surface area (Å²) < 4.78 is 25.3. The van der Waals surface area contributed by atoms with E-state index in [0.29, 0.717) is 24.7 Å². The van der Waals surface area contributed by atoms with Gasteiger partial charge in [-0.15, -0.1) is 12.4 Å². The normalized spacial score (nSPS) is 11.6. The number of hydrogen-bond acceptors (Lipinski definition) is 5. The van der Waals surface area contributed by atoms with E-state index in [1.54, 1.807) is 13.0 Å².